The van der Waals surface area contributed by atoms with E-state index in [9.17, 15) is 8.42 Å². The van der Waals surface area contributed by atoms with Crippen molar-refractivity contribution in [3.8, 4) is 5.75 Å². The van der Waals surface area contributed by atoms with Gasteiger partial charge in [0.15, 0.2) is 0 Å². The normalized spacial score (nSPS) is 15.9. The predicted octanol–water partition coefficient (Wildman–Crippen LogP) is 4.74. The maximum Gasteiger partial charge on any atom is 0.264 e. The lowest BCUT2D eigenvalue weighted by Crippen LogP contribution is -2.29. The van der Waals surface area contributed by atoms with Gasteiger partial charge in [0.2, 0.25) is 0 Å². The number of fused-ring (bicyclic) bond motifs is 1. The van der Waals surface area contributed by atoms with Gasteiger partial charge in [0.05, 0.1) is 10.6 Å². The molecule has 1 unspecified atom stereocenters. The minimum Gasteiger partial charge on any atom is -0.489 e. The number of sulfonamides is 1. The molecular weight excluding hydrogens is 370 g/mol. The van der Waals surface area contributed by atoms with Crippen molar-refractivity contribution in [2.45, 2.75) is 17.4 Å². The van der Waals surface area contributed by atoms with Gasteiger partial charge in [-0.3, -0.25) is 4.31 Å². The third-order valence-corrected chi connectivity index (χ3v) is 6.69. The fraction of sp³-hybridized carbons (Fsp3) is 0.130. The summed E-state index contributed by atoms with van der Waals surface area (Å²) in [6.07, 6.45) is 1.80. The highest BCUT2D eigenvalue weighted by Gasteiger charge is 2.35. The second-order valence-corrected chi connectivity index (χ2v) is 8.55. The molecule has 28 heavy (non-hydrogen) atoms. The first-order valence-electron chi connectivity index (χ1n) is 9.10. The average Bonchev–Trinajstić information content (AvgIpc) is 3.12. The molecular formula is C23H21NO3S. The zero-order valence-electron chi connectivity index (χ0n) is 15.4. The van der Waals surface area contributed by atoms with Gasteiger partial charge in [-0.15, -0.1) is 6.58 Å². The molecule has 0 N–H and O–H groups in total. The molecule has 1 aliphatic heterocycles. The maximum absolute atomic E-state index is 13.2. The molecule has 0 saturated carbocycles. The minimum absolute atomic E-state index is 0.0448. The van der Waals surface area contributed by atoms with E-state index in [1.807, 2.05) is 48.5 Å². The molecule has 0 saturated heterocycles. The molecule has 5 heteroatoms. The van der Waals surface area contributed by atoms with Crippen LogP contribution < -0.4 is 9.04 Å². The lowest BCUT2D eigenvalue weighted by Gasteiger charge is -2.20. The van der Waals surface area contributed by atoms with Crippen molar-refractivity contribution in [3.05, 3.63) is 103 Å². The van der Waals surface area contributed by atoms with Crippen molar-refractivity contribution in [2.24, 2.45) is 0 Å². The first-order valence-corrected chi connectivity index (χ1v) is 10.5. The molecule has 1 aliphatic rings. The standard InChI is InChI=1S/C23H21NO3S/c1-2-19-16-24(28(25,26)21-11-7-4-8-12-21)23-15-20(13-14-22(19)23)27-17-18-9-5-3-6-10-18/h2-15,19H,1,16-17H2. The largest absolute Gasteiger partial charge is 0.489 e. The van der Waals surface area contributed by atoms with Crippen LogP contribution >= 0.6 is 0 Å². The Kier molecular flexibility index (Phi) is 4.92. The first-order chi connectivity index (χ1) is 13.6. The molecule has 0 fully saturated rings. The van der Waals surface area contributed by atoms with Crippen LogP contribution in [-0.2, 0) is 16.6 Å². The van der Waals surface area contributed by atoms with E-state index < -0.39 is 10.0 Å². The van der Waals surface area contributed by atoms with Gasteiger partial charge in [0.25, 0.3) is 10.0 Å². The first kappa shape index (κ1) is 18.3. The highest BCUT2D eigenvalue weighted by molar-refractivity contribution is 7.92. The van der Waals surface area contributed by atoms with Crippen molar-refractivity contribution in [1.82, 2.24) is 0 Å². The molecule has 1 heterocycles. The quantitative estimate of drug-likeness (QED) is 0.570. The van der Waals surface area contributed by atoms with Crippen LogP contribution in [0.3, 0.4) is 0 Å². The summed E-state index contributed by atoms with van der Waals surface area (Å²) in [6, 6.07) is 24.0. The third-order valence-electron chi connectivity index (χ3n) is 4.90. The van der Waals surface area contributed by atoms with Gasteiger partial charge in [0.1, 0.15) is 12.4 Å². The molecule has 142 valence electrons. The summed E-state index contributed by atoms with van der Waals surface area (Å²) in [6.45, 7) is 4.65. The van der Waals surface area contributed by atoms with E-state index in [1.165, 1.54) is 4.31 Å². The van der Waals surface area contributed by atoms with E-state index in [2.05, 4.69) is 6.58 Å². The fourth-order valence-electron chi connectivity index (χ4n) is 3.41. The van der Waals surface area contributed by atoms with Gasteiger partial charge < -0.3 is 4.74 Å². The van der Waals surface area contributed by atoms with Crippen LogP contribution in [0, 0.1) is 0 Å². The highest BCUT2D eigenvalue weighted by atomic mass is 32.2. The summed E-state index contributed by atoms with van der Waals surface area (Å²) < 4.78 is 33.8. The fourth-order valence-corrected chi connectivity index (χ4v) is 4.94. The lowest BCUT2D eigenvalue weighted by atomic mass is 10.0. The Hall–Kier alpha value is -3.05. The van der Waals surface area contributed by atoms with Crippen LogP contribution in [0.4, 0.5) is 5.69 Å². The van der Waals surface area contributed by atoms with Gasteiger partial charge in [0, 0.05) is 18.5 Å². The monoisotopic (exact) mass is 391 g/mol. The molecule has 0 radical (unpaired) electrons. The molecule has 4 rings (SSSR count). The van der Waals surface area contributed by atoms with Crippen LogP contribution in [0.1, 0.15) is 17.0 Å². The van der Waals surface area contributed by atoms with Gasteiger partial charge in [-0.25, -0.2) is 8.42 Å². The Morgan fingerprint density at radius 3 is 2.36 bits per heavy atom. The van der Waals surface area contributed by atoms with E-state index >= 15 is 0 Å². The number of ether oxygens (including phenoxy) is 1. The minimum atomic E-state index is -3.65. The van der Waals surface area contributed by atoms with Crippen molar-refractivity contribution >= 4 is 15.7 Å². The van der Waals surface area contributed by atoms with Gasteiger partial charge in [-0.05, 0) is 29.3 Å². The molecule has 0 aromatic heterocycles. The Bertz CT molecular complexity index is 1080. The number of hydrogen-bond donors (Lipinski definition) is 0. The van der Waals surface area contributed by atoms with Crippen LogP contribution in [0.5, 0.6) is 5.75 Å². The maximum atomic E-state index is 13.2. The molecule has 0 spiro atoms. The van der Waals surface area contributed by atoms with Crippen molar-refractivity contribution in [3.63, 3.8) is 0 Å². The second kappa shape index (κ2) is 7.52. The molecule has 3 aromatic carbocycles. The van der Waals surface area contributed by atoms with Crippen molar-refractivity contribution in [2.75, 3.05) is 10.8 Å². The van der Waals surface area contributed by atoms with E-state index in [4.69, 9.17) is 4.74 Å². The summed E-state index contributed by atoms with van der Waals surface area (Å²) >= 11 is 0. The number of anilines is 1. The number of hydrogen-bond acceptors (Lipinski definition) is 3. The summed E-state index contributed by atoms with van der Waals surface area (Å²) in [5.74, 6) is 0.595. The topological polar surface area (TPSA) is 46.6 Å². The van der Waals surface area contributed by atoms with E-state index in [0.29, 0.717) is 24.6 Å². The van der Waals surface area contributed by atoms with E-state index in [0.717, 1.165) is 11.1 Å². The SMILES string of the molecule is C=CC1CN(S(=O)(=O)c2ccccc2)c2cc(OCc3ccccc3)ccc21. The Morgan fingerprint density at radius 2 is 1.68 bits per heavy atom. The Balaban J connectivity index is 1.67. The summed E-state index contributed by atoms with van der Waals surface area (Å²) in [5.41, 5.74) is 2.65. The number of rotatable bonds is 6. The molecule has 0 amide bonds. The van der Waals surface area contributed by atoms with Crippen molar-refractivity contribution < 1.29 is 13.2 Å². The van der Waals surface area contributed by atoms with Crippen LogP contribution in [0.2, 0.25) is 0 Å². The zero-order valence-corrected chi connectivity index (χ0v) is 16.2. The van der Waals surface area contributed by atoms with Gasteiger partial charge in [-0.1, -0.05) is 60.7 Å². The third kappa shape index (κ3) is 3.41. The van der Waals surface area contributed by atoms with Crippen molar-refractivity contribution in [1.29, 1.82) is 0 Å². The molecule has 0 bridgehead atoms. The van der Waals surface area contributed by atoms with Gasteiger partial charge in [-0.2, -0.15) is 0 Å². The molecule has 3 aromatic rings. The second-order valence-electron chi connectivity index (χ2n) is 6.69. The highest BCUT2D eigenvalue weighted by Crippen LogP contribution is 2.42. The van der Waals surface area contributed by atoms with Crippen LogP contribution in [-0.4, -0.2) is 15.0 Å². The smallest absolute Gasteiger partial charge is 0.264 e. The number of benzene rings is 3. The van der Waals surface area contributed by atoms with E-state index in [-0.39, 0.29) is 10.8 Å². The Labute approximate surface area is 165 Å². The molecule has 0 aliphatic carbocycles. The van der Waals surface area contributed by atoms with Crippen LogP contribution in [0.25, 0.3) is 0 Å². The van der Waals surface area contributed by atoms with Crippen LogP contribution in [0.15, 0.2) is 96.4 Å². The molecule has 1 atom stereocenters. The summed E-state index contributed by atoms with van der Waals surface area (Å²) in [5, 5.41) is 0. The lowest BCUT2D eigenvalue weighted by molar-refractivity contribution is 0.306. The summed E-state index contributed by atoms with van der Waals surface area (Å²) in [7, 11) is -3.65. The summed E-state index contributed by atoms with van der Waals surface area (Å²) in [4.78, 5) is 0.279. The Morgan fingerprint density at radius 1 is 1.00 bits per heavy atom. The average molecular weight is 391 g/mol. The predicted molar refractivity (Wildman–Crippen MR) is 111 cm³/mol. The zero-order chi connectivity index (χ0) is 19.6. The van der Waals surface area contributed by atoms with Gasteiger partial charge >= 0.3 is 0 Å². The molecule has 4 nitrogen and oxygen atoms in total. The number of nitrogens with zero attached hydrogens (tertiary/aromatic N) is 1. The van der Waals surface area contributed by atoms with E-state index in [1.54, 1.807) is 36.4 Å².